The van der Waals surface area contributed by atoms with Crippen molar-refractivity contribution in [3.05, 3.63) is 33.8 Å². The van der Waals surface area contributed by atoms with Crippen molar-refractivity contribution >= 4 is 38.7 Å². The maximum absolute atomic E-state index is 11.7. The van der Waals surface area contributed by atoms with E-state index in [1.807, 2.05) is 32.9 Å². The number of carbonyl (C=O) groups is 1. The number of aromatic nitrogens is 1. The van der Waals surface area contributed by atoms with Crippen LogP contribution in [-0.2, 0) is 11.2 Å². The molecule has 0 aliphatic heterocycles. The molecular formula is C24H32BrN3O2. The Hall–Kier alpha value is -2.26. The third kappa shape index (κ3) is 7.87. The average molecular weight is 474 g/mol. The lowest BCUT2D eigenvalue weighted by Gasteiger charge is -2.19. The molecule has 0 saturated carbocycles. The number of rotatable bonds is 7. The highest BCUT2D eigenvalue weighted by molar-refractivity contribution is 9.10. The summed E-state index contributed by atoms with van der Waals surface area (Å²) >= 11 is 3.54. The monoisotopic (exact) mass is 473 g/mol. The van der Waals surface area contributed by atoms with Crippen LogP contribution in [0.5, 0.6) is 0 Å². The van der Waals surface area contributed by atoms with Crippen molar-refractivity contribution in [2.24, 2.45) is 0 Å². The molecule has 30 heavy (non-hydrogen) atoms. The number of benzene rings is 1. The lowest BCUT2D eigenvalue weighted by Crippen LogP contribution is -2.32. The third-order valence-electron chi connectivity index (χ3n) is 4.43. The number of unbranched alkanes of at least 4 members (excludes halogenated alkanes) is 3. The van der Waals surface area contributed by atoms with Crippen LogP contribution >= 0.6 is 15.9 Å². The van der Waals surface area contributed by atoms with Gasteiger partial charge in [-0.3, -0.25) is 0 Å². The van der Waals surface area contributed by atoms with Crippen molar-refractivity contribution in [3.8, 4) is 11.8 Å². The smallest absolute Gasteiger partial charge is 0.407 e. The maximum atomic E-state index is 11.7. The standard InChI is InChI=1S/C24H32BrN3O2/c1-5-6-8-12-18-15-20-17(14-19(25)16-21(20)28-22(18)26)11-9-7-10-13-27-23(29)30-24(2,3)4/h14-16H,5-8,10,12-13H2,1-4H3,(H2,26,28)(H,27,29). The molecule has 1 aromatic heterocycles. The van der Waals surface area contributed by atoms with E-state index >= 15 is 0 Å². The Morgan fingerprint density at radius 3 is 2.70 bits per heavy atom. The number of ether oxygens (including phenoxy) is 1. The summed E-state index contributed by atoms with van der Waals surface area (Å²) in [5.74, 6) is 7.07. The molecule has 0 aliphatic carbocycles. The van der Waals surface area contributed by atoms with Gasteiger partial charge in [0, 0.05) is 28.4 Å². The molecule has 0 bridgehead atoms. The van der Waals surface area contributed by atoms with E-state index in [4.69, 9.17) is 10.5 Å². The first-order valence-corrected chi connectivity index (χ1v) is 11.3. The van der Waals surface area contributed by atoms with Gasteiger partial charge in [0.25, 0.3) is 0 Å². The van der Waals surface area contributed by atoms with Crippen LogP contribution in [0.3, 0.4) is 0 Å². The molecule has 6 heteroatoms. The van der Waals surface area contributed by atoms with E-state index in [2.05, 4.69) is 51.1 Å². The Kier molecular flexibility index (Phi) is 8.98. The van der Waals surface area contributed by atoms with Gasteiger partial charge >= 0.3 is 6.09 Å². The van der Waals surface area contributed by atoms with Crippen LogP contribution < -0.4 is 11.1 Å². The second kappa shape index (κ2) is 11.2. The number of pyridine rings is 1. The number of nitrogens with two attached hydrogens (primary N) is 1. The molecule has 0 atom stereocenters. The first-order chi connectivity index (χ1) is 14.2. The first-order valence-electron chi connectivity index (χ1n) is 10.5. The molecule has 2 rings (SSSR count). The van der Waals surface area contributed by atoms with Crippen molar-refractivity contribution < 1.29 is 9.53 Å². The highest BCUT2D eigenvalue weighted by atomic mass is 79.9. The summed E-state index contributed by atoms with van der Waals surface area (Å²) in [7, 11) is 0. The minimum atomic E-state index is -0.488. The van der Waals surface area contributed by atoms with Crippen LogP contribution in [0.2, 0.25) is 0 Å². The Morgan fingerprint density at radius 2 is 2.00 bits per heavy atom. The van der Waals surface area contributed by atoms with Crippen molar-refractivity contribution in [2.75, 3.05) is 12.3 Å². The van der Waals surface area contributed by atoms with E-state index in [1.165, 1.54) is 12.8 Å². The van der Waals surface area contributed by atoms with Crippen molar-refractivity contribution in [1.82, 2.24) is 10.3 Å². The van der Waals surface area contributed by atoms with E-state index in [9.17, 15) is 4.79 Å². The predicted octanol–water partition coefficient (Wildman–Crippen LogP) is 5.97. The lowest BCUT2D eigenvalue weighted by molar-refractivity contribution is 0.0527. The molecule has 0 fully saturated rings. The highest BCUT2D eigenvalue weighted by Crippen LogP contribution is 2.26. The summed E-state index contributed by atoms with van der Waals surface area (Å²) in [6.45, 7) is 8.26. The summed E-state index contributed by atoms with van der Waals surface area (Å²) in [6.07, 6.45) is 5.43. The van der Waals surface area contributed by atoms with Gasteiger partial charge in [0.2, 0.25) is 0 Å². The number of carbonyl (C=O) groups excluding carboxylic acids is 1. The van der Waals surface area contributed by atoms with Gasteiger partial charge in [-0.25, -0.2) is 9.78 Å². The van der Waals surface area contributed by atoms with Gasteiger partial charge in [-0.05, 0) is 63.8 Å². The average Bonchev–Trinajstić information content (AvgIpc) is 2.63. The van der Waals surface area contributed by atoms with E-state index in [1.54, 1.807) is 0 Å². The third-order valence-corrected chi connectivity index (χ3v) is 4.89. The van der Waals surface area contributed by atoms with Gasteiger partial charge in [-0.2, -0.15) is 0 Å². The lowest BCUT2D eigenvalue weighted by atomic mass is 10.0. The molecule has 0 spiro atoms. The molecule has 5 nitrogen and oxygen atoms in total. The summed E-state index contributed by atoms with van der Waals surface area (Å²) in [4.78, 5) is 16.3. The number of nitrogens with one attached hydrogen (secondary N) is 1. The van der Waals surface area contributed by atoms with Crippen LogP contribution in [0.1, 0.15) is 70.9 Å². The molecule has 3 N–H and O–H groups in total. The zero-order valence-corrected chi connectivity index (χ0v) is 20.0. The number of hydrogen-bond acceptors (Lipinski definition) is 4. The molecule has 1 amide bonds. The van der Waals surface area contributed by atoms with E-state index in [-0.39, 0.29) is 0 Å². The highest BCUT2D eigenvalue weighted by Gasteiger charge is 2.15. The Labute approximate surface area is 188 Å². The second-order valence-electron chi connectivity index (χ2n) is 8.34. The fourth-order valence-electron chi connectivity index (χ4n) is 3.01. The SMILES string of the molecule is CCCCCc1cc2c(C#CCCCNC(=O)OC(C)(C)C)cc(Br)cc2nc1N. The summed E-state index contributed by atoms with van der Waals surface area (Å²) in [5.41, 5.74) is 8.56. The number of nitrogens with zero attached hydrogens (tertiary/aromatic N) is 1. The van der Waals surface area contributed by atoms with Gasteiger partial charge in [0.1, 0.15) is 11.4 Å². The molecule has 2 aromatic rings. The molecule has 0 radical (unpaired) electrons. The minimum absolute atomic E-state index is 0.396. The molecule has 0 unspecified atom stereocenters. The number of hydrogen-bond donors (Lipinski definition) is 2. The molecule has 0 aliphatic rings. The van der Waals surface area contributed by atoms with Crippen molar-refractivity contribution in [2.45, 2.75) is 71.8 Å². The van der Waals surface area contributed by atoms with Gasteiger partial charge < -0.3 is 15.8 Å². The second-order valence-corrected chi connectivity index (χ2v) is 9.26. The first kappa shape index (κ1) is 24.0. The zero-order valence-electron chi connectivity index (χ0n) is 18.4. The van der Waals surface area contributed by atoms with Gasteiger partial charge in [-0.15, -0.1) is 0 Å². The normalized spacial score (nSPS) is 11.1. The quantitative estimate of drug-likeness (QED) is 0.383. The van der Waals surface area contributed by atoms with Crippen molar-refractivity contribution in [1.29, 1.82) is 0 Å². The van der Waals surface area contributed by atoms with Gasteiger partial charge in [0.05, 0.1) is 5.52 Å². The molecule has 1 aromatic carbocycles. The van der Waals surface area contributed by atoms with E-state index in [0.717, 1.165) is 45.8 Å². The van der Waals surface area contributed by atoms with Gasteiger partial charge in [-0.1, -0.05) is 47.5 Å². The number of fused-ring (bicyclic) bond motifs is 1. The largest absolute Gasteiger partial charge is 0.444 e. The Bertz CT molecular complexity index is 939. The van der Waals surface area contributed by atoms with Crippen LogP contribution in [0.15, 0.2) is 22.7 Å². The van der Waals surface area contributed by atoms with Crippen molar-refractivity contribution in [3.63, 3.8) is 0 Å². The number of anilines is 1. The molecule has 0 saturated heterocycles. The van der Waals surface area contributed by atoms with Crippen LogP contribution in [-0.4, -0.2) is 23.2 Å². The summed E-state index contributed by atoms with van der Waals surface area (Å²) in [6, 6.07) is 6.12. The summed E-state index contributed by atoms with van der Waals surface area (Å²) < 4.78 is 6.15. The number of amides is 1. The number of halogens is 1. The predicted molar refractivity (Wildman–Crippen MR) is 127 cm³/mol. The number of alkyl carbamates (subject to hydrolysis) is 1. The zero-order chi connectivity index (χ0) is 22.1. The minimum Gasteiger partial charge on any atom is -0.444 e. The summed E-state index contributed by atoms with van der Waals surface area (Å²) in [5, 5.41) is 3.78. The topological polar surface area (TPSA) is 77.2 Å². The van der Waals surface area contributed by atoms with Crippen LogP contribution in [0.25, 0.3) is 10.9 Å². The van der Waals surface area contributed by atoms with Gasteiger partial charge in [0.15, 0.2) is 0 Å². The maximum Gasteiger partial charge on any atom is 0.407 e. The molecular weight excluding hydrogens is 442 g/mol. The Morgan fingerprint density at radius 1 is 1.23 bits per heavy atom. The van der Waals surface area contributed by atoms with E-state index < -0.39 is 11.7 Å². The molecule has 1 heterocycles. The molecule has 162 valence electrons. The Balaban J connectivity index is 2.05. The number of aryl methyl sites for hydroxylation is 1. The van der Waals surface area contributed by atoms with Crippen LogP contribution in [0.4, 0.5) is 10.6 Å². The fourth-order valence-corrected chi connectivity index (χ4v) is 3.45. The fraction of sp³-hybridized carbons (Fsp3) is 0.500. The number of nitrogen functional groups attached to an aromatic ring is 1. The van der Waals surface area contributed by atoms with E-state index in [0.29, 0.717) is 18.8 Å². The van der Waals surface area contributed by atoms with Crippen LogP contribution in [0, 0.1) is 11.8 Å².